The predicted octanol–water partition coefficient (Wildman–Crippen LogP) is 2.92. The van der Waals surface area contributed by atoms with E-state index in [0.29, 0.717) is 6.10 Å². The van der Waals surface area contributed by atoms with Crippen molar-refractivity contribution in [2.75, 3.05) is 13.6 Å². The summed E-state index contributed by atoms with van der Waals surface area (Å²) in [6, 6.07) is 10.2. The molecule has 0 aliphatic heterocycles. The Morgan fingerprint density at radius 1 is 1.32 bits per heavy atom. The first-order chi connectivity index (χ1) is 9.26. The van der Waals surface area contributed by atoms with Gasteiger partial charge in [-0.3, -0.25) is 4.98 Å². The first-order valence-electron chi connectivity index (χ1n) is 6.94. The number of fused-ring (bicyclic) bond motifs is 1. The molecule has 0 saturated heterocycles. The number of ether oxygens (including phenoxy) is 1. The molecule has 3 rings (SSSR count). The van der Waals surface area contributed by atoms with Crippen LogP contribution in [0.4, 0.5) is 0 Å². The smallest absolute Gasteiger partial charge is 0.130 e. The van der Waals surface area contributed by atoms with Crippen molar-refractivity contribution in [2.45, 2.75) is 25.9 Å². The number of aryl methyl sites for hydroxylation is 1. The van der Waals surface area contributed by atoms with Crippen molar-refractivity contribution in [3.63, 3.8) is 0 Å². The van der Waals surface area contributed by atoms with Crippen LogP contribution >= 0.6 is 0 Å². The summed E-state index contributed by atoms with van der Waals surface area (Å²) in [5.41, 5.74) is 2.03. The highest BCUT2D eigenvalue weighted by atomic mass is 16.5. The molecule has 2 aromatic rings. The Balaban J connectivity index is 1.78. The summed E-state index contributed by atoms with van der Waals surface area (Å²) in [5.74, 6) is 1.75. The van der Waals surface area contributed by atoms with Crippen LogP contribution in [0.2, 0.25) is 0 Å². The Hall–Kier alpha value is -1.61. The molecule has 1 aromatic carbocycles. The average Bonchev–Trinajstić information content (AvgIpc) is 2.36. The molecule has 1 N–H and O–H groups in total. The molecule has 0 amide bonds. The van der Waals surface area contributed by atoms with Crippen molar-refractivity contribution in [3.05, 3.63) is 36.0 Å². The van der Waals surface area contributed by atoms with Gasteiger partial charge < -0.3 is 10.1 Å². The van der Waals surface area contributed by atoms with Crippen molar-refractivity contribution < 1.29 is 4.74 Å². The third kappa shape index (κ3) is 2.56. The SMILES string of the molecule is CNCC1CC(Oc2cc(C)nc3ccccc23)C1. The second-order valence-corrected chi connectivity index (χ2v) is 5.41. The third-order valence-corrected chi connectivity index (χ3v) is 3.79. The number of hydrogen-bond donors (Lipinski definition) is 1. The molecule has 1 fully saturated rings. The molecule has 0 atom stereocenters. The summed E-state index contributed by atoms with van der Waals surface area (Å²) in [6.07, 6.45) is 2.66. The van der Waals surface area contributed by atoms with E-state index < -0.39 is 0 Å². The standard InChI is InChI=1S/C16H20N2O/c1-11-7-16(14-5-3-4-6-15(14)18-11)19-13-8-12(9-13)10-17-2/h3-7,12-13,17H,8-10H2,1-2H3. The maximum absolute atomic E-state index is 6.15. The lowest BCUT2D eigenvalue weighted by Gasteiger charge is -2.35. The topological polar surface area (TPSA) is 34.1 Å². The molecule has 0 unspecified atom stereocenters. The van der Waals surface area contributed by atoms with Crippen LogP contribution in [0, 0.1) is 12.8 Å². The molecular weight excluding hydrogens is 236 g/mol. The van der Waals surface area contributed by atoms with Crippen molar-refractivity contribution in [3.8, 4) is 5.75 Å². The summed E-state index contributed by atoms with van der Waals surface area (Å²) >= 11 is 0. The second-order valence-electron chi connectivity index (χ2n) is 5.41. The molecule has 3 nitrogen and oxygen atoms in total. The zero-order valence-electron chi connectivity index (χ0n) is 11.5. The summed E-state index contributed by atoms with van der Waals surface area (Å²) < 4.78 is 6.15. The molecular formula is C16H20N2O. The zero-order valence-corrected chi connectivity index (χ0v) is 11.5. The normalized spacial score (nSPS) is 22.2. The first kappa shape index (κ1) is 12.4. The maximum atomic E-state index is 6.15. The summed E-state index contributed by atoms with van der Waals surface area (Å²) in [4.78, 5) is 4.54. The van der Waals surface area contributed by atoms with E-state index in [9.17, 15) is 0 Å². The Morgan fingerprint density at radius 2 is 2.11 bits per heavy atom. The van der Waals surface area contributed by atoms with E-state index in [2.05, 4.69) is 16.4 Å². The van der Waals surface area contributed by atoms with Gasteiger partial charge in [0.2, 0.25) is 0 Å². The van der Waals surface area contributed by atoms with Crippen LogP contribution in [0.25, 0.3) is 10.9 Å². The average molecular weight is 256 g/mol. The minimum atomic E-state index is 0.364. The van der Waals surface area contributed by atoms with Crippen LogP contribution in [-0.2, 0) is 0 Å². The van der Waals surface area contributed by atoms with E-state index in [1.54, 1.807) is 0 Å². The summed E-state index contributed by atoms with van der Waals surface area (Å²) in [6.45, 7) is 3.11. The number of benzene rings is 1. The molecule has 1 aliphatic rings. The molecule has 0 spiro atoms. The molecule has 0 bridgehead atoms. The van der Waals surface area contributed by atoms with Gasteiger partial charge in [0.25, 0.3) is 0 Å². The number of nitrogens with zero attached hydrogens (tertiary/aromatic N) is 1. The van der Waals surface area contributed by atoms with E-state index in [-0.39, 0.29) is 0 Å². The lowest BCUT2D eigenvalue weighted by atomic mass is 9.82. The maximum Gasteiger partial charge on any atom is 0.130 e. The van der Waals surface area contributed by atoms with E-state index in [0.717, 1.165) is 47.7 Å². The van der Waals surface area contributed by atoms with Crippen molar-refractivity contribution in [1.29, 1.82) is 0 Å². The van der Waals surface area contributed by atoms with Crippen LogP contribution in [0.3, 0.4) is 0 Å². The van der Waals surface area contributed by atoms with Crippen molar-refractivity contribution in [1.82, 2.24) is 10.3 Å². The number of rotatable bonds is 4. The monoisotopic (exact) mass is 256 g/mol. The summed E-state index contributed by atoms with van der Waals surface area (Å²) in [5, 5.41) is 4.34. The van der Waals surface area contributed by atoms with Crippen molar-refractivity contribution >= 4 is 10.9 Å². The quantitative estimate of drug-likeness (QED) is 0.913. The minimum absolute atomic E-state index is 0.364. The second kappa shape index (κ2) is 5.17. The van der Waals surface area contributed by atoms with Gasteiger partial charge in [-0.1, -0.05) is 12.1 Å². The number of pyridine rings is 1. The predicted molar refractivity (Wildman–Crippen MR) is 77.5 cm³/mol. The number of para-hydroxylation sites is 1. The highest BCUT2D eigenvalue weighted by Crippen LogP contribution is 2.33. The van der Waals surface area contributed by atoms with Gasteiger partial charge in [-0.15, -0.1) is 0 Å². The van der Waals surface area contributed by atoms with Gasteiger partial charge in [-0.05, 0) is 51.4 Å². The Bertz CT molecular complexity index is 576. The Kier molecular flexibility index (Phi) is 3.38. The molecule has 1 saturated carbocycles. The van der Waals surface area contributed by atoms with Gasteiger partial charge in [0.05, 0.1) is 11.6 Å². The first-order valence-corrected chi connectivity index (χ1v) is 6.94. The zero-order chi connectivity index (χ0) is 13.2. The van der Waals surface area contributed by atoms with Crippen molar-refractivity contribution in [2.24, 2.45) is 5.92 Å². The van der Waals surface area contributed by atoms with Gasteiger partial charge >= 0.3 is 0 Å². The molecule has 0 radical (unpaired) electrons. The molecule has 19 heavy (non-hydrogen) atoms. The van der Waals surface area contributed by atoms with Crippen LogP contribution in [-0.4, -0.2) is 24.7 Å². The molecule has 1 heterocycles. The highest BCUT2D eigenvalue weighted by Gasteiger charge is 2.30. The molecule has 3 heteroatoms. The minimum Gasteiger partial charge on any atom is -0.490 e. The van der Waals surface area contributed by atoms with Gasteiger partial charge in [0.15, 0.2) is 0 Å². The van der Waals surface area contributed by atoms with E-state index in [4.69, 9.17) is 4.74 Å². The van der Waals surface area contributed by atoms with Gasteiger partial charge in [0.1, 0.15) is 5.75 Å². The van der Waals surface area contributed by atoms with Crippen LogP contribution in [0.15, 0.2) is 30.3 Å². The van der Waals surface area contributed by atoms with Gasteiger partial charge in [-0.25, -0.2) is 0 Å². The van der Waals surface area contributed by atoms with Crippen LogP contribution in [0.1, 0.15) is 18.5 Å². The van der Waals surface area contributed by atoms with E-state index in [1.807, 2.05) is 38.2 Å². The highest BCUT2D eigenvalue weighted by molar-refractivity contribution is 5.85. The largest absolute Gasteiger partial charge is 0.490 e. The number of hydrogen-bond acceptors (Lipinski definition) is 3. The summed E-state index contributed by atoms with van der Waals surface area (Å²) in [7, 11) is 2.01. The van der Waals surface area contributed by atoms with E-state index >= 15 is 0 Å². The lowest BCUT2D eigenvalue weighted by Crippen LogP contribution is -2.38. The lowest BCUT2D eigenvalue weighted by molar-refractivity contribution is 0.0670. The third-order valence-electron chi connectivity index (χ3n) is 3.79. The van der Waals surface area contributed by atoms with E-state index in [1.165, 1.54) is 0 Å². The van der Waals surface area contributed by atoms with Crippen LogP contribution < -0.4 is 10.1 Å². The number of aromatic nitrogens is 1. The molecule has 1 aromatic heterocycles. The van der Waals surface area contributed by atoms with Gasteiger partial charge in [-0.2, -0.15) is 0 Å². The fourth-order valence-electron chi connectivity index (χ4n) is 2.77. The van der Waals surface area contributed by atoms with Gasteiger partial charge in [0, 0.05) is 17.1 Å². The number of nitrogens with one attached hydrogen (secondary N) is 1. The Labute approximate surface area is 114 Å². The molecule has 100 valence electrons. The fourth-order valence-corrected chi connectivity index (χ4v) is 2.77. The Morgan fingerprint density at radius 3 is 2.89 bits per heavy atom. The molecule has 1 aliphatic carbocycles. The van der Waals surface area contributed by atoms with Crippen LogP contribution in [0.5, 0.6) is 5.75 Å². The fraction of sp³-hybridized carbons (Fsp3) is 0.438.